The lowest BCUT2D eigenvalue weighted by molar-refractivity contribution is -0.132. The fourth-order valence-corrected chi connectivity index (χ4v) is 1.32. The molecule has 0 heterocycles. The molecule has 5 nitrogen and oxygen atoms in total. The molecule has 0 bridgehead atoms. The van der Waals surface area contributed by atoms with E-state index in [9.17, 15) is 13.2 Å². The molecule has 0 saturated heterocycles. The van der Waals surface area contributed by atoms with E-state index in [0.29, 0.717) is 0 Å². The Morgan fingerprint density at radius 2 is 2.00 bits per heavy atom. The quantitative estimate of drug-likeness (QED) is 0.510. The Morgan fingerprint density at radius 1 is 1.50 bits per heavy atom. The molecule has 0 radical (unpaired) electrons. The molecular weight excluding hydrogens is 204 g/mol. The Labute approximate surface area is 74.4 Å². The van der Waals surface area contributed by atoms with E-state index in [1.165, 1.54) is 0 Å². The van der Waals surface area contributed by atoms with Gasteiger partial charge in [0.2, 0.25) is 0 Å². The van der Waals surface area contributed by atoms with Crippen molar-refractivity contribution < 1.29 is 21.9 Å². The fraction of sp³-hybridized carbons (Fsp3) is 0.800. The Morgan fingerprint density at radius 3 is 2.33 bits per heavy atom. The van der Waals surface area contributed by atoms with Gasteiger partial charge in [-0.05, 0) is 0 Å². The molecule has 0 rings (SSSR count). The van der Waals surface area contributed by atoms with Crippen molar-refractivity contribution in [2.45, 2.75) is 6.42 Å². The molecule has 1 N–H and O–H groups in total. The summed E-state index contributed by atoms with van der Waals surface area (Å²) in [6.45, 7) is 0. The monoisotopic (exact) mass is 215 g/mol. The molecule has 0 aromatic heterocycles. The molecule has 0 saturated carbocycles. The van der Waals surface area contributed by atoms with E-state index in [0.717, 1.165) is 0 Å². The minimum absolute atomic E-state index is 0.302. The van der Waals surface area contributed by atoms with Gasteiger partial charge in [-0.1, -0.05) is 0 Å². The maximum atomic E-state index is 10.7. The second-order valence-electron chi connectivity index (χ2n) is 2.23. The zero-order chi connectivity index (χ0) is 9.78. The molecule has 0 aromatic rings. The minimum Gasteiger partial charge on any atom is -0.286 e. The molecule has 0 fully saturated rings. The van der Waals surface area contributed by atoms with E-state index in [2.05, 4.69) is 4.18 Å². The lowest BCUT2D eigenvalue weighted by atomic mass is 10.5. The van der Waals surface area contributed by atoms with Gasteiger partial charge in [0.25, 0.3) is 10.1 Å². The Balaban J connectivity index is 3.73. The largest absolute Gasteiger partial charge is 0.365 e. The summed E-state index contributed by atoms with van der Waals surface area (Å²) in [5.41, 5.74) is 0. The third-order valence-electron chi connectivity index (χ3n) is 0.824. The summed E-state index contributed by atoms with van der Waals surface area (Å²) in [7, 11) is -4.05. The van der Waals surface area contributed by atoms with Gasteiger partial charge in [0.05, 0.1) is 12.2 Å². The number of hydrogen-bond acceptors (Lipinski definition) is 4. The molecule has 7 heteroatoms. The summed E-state index contributed by atoms with van der Waals surface area (Å²) in [5.74, 6) is -1.19. The number of rotatable bonds is 4. The summed E-state index contributed by atoms with van der Waals surface area (Å²) in [4.78, 5) is 10.7. The van der Waals surface area contributed by atoms with Gasteiger partial charge in [0.15, 0.2) is 11.2 Å². The van der Waals surface area contributed by atoms with Crippen LogP contribution in [0.1, 0.15) is 6.42 Å². The summed E-state index contributed by atoms with van der Waals surface area (Å²) in [6, 6.07) is 0. The number of carbonyl (C=O) groups excluding carboxylic acids is 1. The molecule has 0 atom stereocenters. The summed E-state index contributed by atoms with van der Waals surface area (Å²) in [6.07, 6.45) is 3.07. The standard InChI is InChI=1S/C5H10O5S2/c1-11(2)10-5(6)3-4-12(7,8)9/h3-4H2,1-2H3/p+1. The van der Waals surface area contributed by atoms with Gasteiger partial charge < -0.3 is 0 Å². The van der Waals surface area contributed by atoms with Crippen LogP contribution < -0.4 is 0 Å². The van der Waals surface area contributed by atoms with E-state index >= 15 is 0 Å². The first-order valence-electron chi connectivity index (χ1n) is 3.05. The van der Waals surface area contributed by atoms with Crippen molar-refractivity contribution in [2.75, 3.05) is 18.3 Å². The molecule has 0 spiro atoms. The van der Waals surface area contributed by atoms with Crippen molar-refractivity contribution >= 4 is 27.3 Å². The number of hydrogen-bond donors (Lipinski definition) is 1. The third-order valence-corrected chi connectivity index (χ3v) is 2.06. The Bertz CT molecular complexity index is 243. The molecule has 0 aliphatic heterocycles. The van der Waals surface area contributed by atoms with Gasteiger partial charge in [-0.2, -0.15) is 8.42 Å². The summed E-state index contributed by atoms with van der Waals surface area (Å²) >= 11 is -0.500. The van der Waals surface area contributed by atoms with Crippen LogP contribution in [0.2, 0.25) is 0 Å². The van der Waals surface area contributed by atoms with Crippen molar-refractivity contribution in [2.24, 2.45) is 0 Å². The second kappa shape index (κ2) is 4.68. The zero-order valence-corrected chi connectivity index (χ0v) is 8.44. The Kier molecular flexibility index (Phi) is 4.58. The molecule has 72 valence electrons. The lowest BCUT2D eigenvalue weighted by Gasteiger charge is -1.96. The van der Waals surface area contributed by atoms with Gasteiger partial charge >= 0.3 is 5.97 Å². The van der Waals surface area contributed by atoms with Crippen molar-refractivity contribution in [1.29, 1.82) is 0 Å². The van der Waals surface area contributed by atoms with Crippen LogP contribution in [0.5, 0.6) is 0 Å². The van der Waals surface area contributed by atoms with Gasteiger partial charge in [-0.25, -0.2) is 8.98 Å². The number of carbonyl (C=O) groups is 1. The van der Waals surface area contributed by atoms with Crippen molar-refractivity contribution in [3.8, 4) is 0 Å². The van der Waals surface area contributed by atoms with Gasteiger partial charge in [-0.3, -0.25) is 4.55 Å². The van der Waals surface area contributed by atoms with Crippen LogP contribution in [0.25, 0.3) is 0 Å². The SMILES string of the molecule is C[S+](C)OC(=O)CCS(=O)(=O)O. The maximum absolute atomic E-state index is 10.7. The highest BCUT2D eigenvalue weighted by molar-refractivity contribution is 7.91. The summed E-state index contributed by atoms with van der Waals surface area (Å²) < 4.78 is 33.3. The van der Waals surface area contributed by atoms with Crippen LogP contribution in [0, 0.1) is 0 Å². The molecule has 0 unspecified atom stereocenters. The molecule has 12 heavy (non-hydrogen) atoms. The zero-order valence-electron chi connectivity index (χ0n) is 6.81. The van der Waals surface area contributed by atoms with E-state index in [4.69, 9.17) is 4.55 Å². The highest BCUT2D eigenvalue weighted by atomic mass is 32.2. The van der Waals surface area contributed by atoms with Crippen LogP contribution in [0.3, 0.4) is 0 Å². The smallest absolute Gasteiger partial charge is 0.286 e. The Hall–Kier alpha value is -0.270. The predicted octanol–water partition coefficient (Wildman–Crippen LogP) is -0.400. The van der Waals surface area contributed by atoms with Crippen LogP contribution in [-0.2, 0) is 30.3 Å². The van der Waals surface area contributed by atoms with Crippen molar-refractivity contribution in [1.82, 2.24) is 0 Å². The molecule has 0 aliphatic rings. The average molecular weight is 215 g/mol. The van der Waals surface area contributed by atoms with E-state index < -0.39 is 33.0 Å². The average Bonchev–Trinajstić information content (AvgIpc) is 1.80. The molecule has 0 aliphatic carbocycles. The van der Waals surface area contributed by atoms with Crippen molar-refractivity contribution in [3.05, 3.63) is 0 Å². The first kappa shape index (κ1) is 11.7. The van der Waals surface area contributed by atoms with Crippen LogP contribution in [-0.4, -0.2) is 37.2 Å². The fourth-order valence-electron chi connectivity index (χ4n) is 0.440. The predicted molar refractivity (Wildman–Crippen MR) is 46.3 cm³/mol. The van der Waals surface area contributed by atoms with Crippen LogP contribution in [0.15, 0.2) is 0 Å². The van der Waals surface area contributed by atoms with E-state index in [1.54, 1.807) is 12.5 Å². The first-order valence-corrected chi connectivity index (χ1v) is 6.63. The third kappa shape index (κ3) is 7.83. The van der Waals surface area contributed by atoms with Gasteiger partial charge in [0, 0.05) is 0 Å². The van der Waals surface area contributed by atoms with Crippen LogP contribution in [0.4, 0.5) is 0 Å². The van der Waals surface area contributed by atoms with Gasteiger partial charge in [0.1, 0.15) is 12.5 Å². The highest BCUT2D eigenvalue weighted by Crippen LogP contribution is 1.95. The van der Waals surface area contributed by atoms with E-state index in [-0.39, 0.29) is 6.42 Å². The topological polar surface area (TPSA) is 80.7 Å². The molecular formula is C5H11O5S2+. The van der Waals surface area contributed by atoms with Gasteiger partial charge in [-0.15, -0.1) is 0 Å². The lowest BCUT2D eigenvalue weighted by Crippen LogP contribution is -2.15. The van der Waals surface area contributed by atoms with Crippen molar-refractivity contribution in [3.63, 3.8) is 0 Å². The summed E-state index contributed by atoms with van der Waals surface area (Å²) in [5, 5.41) is 0. The van der Waals surface area contributed by atoms with Crippen LogP contribution >= 0.6 is 0 Å². The molecule has 0 aromatic carbocycles. The highest BCUT2D eigenvalue weighted by Gasteiger charge is 2.16. The first-order chi connectivity index (χ1) is 5.31. The molecule has 0 amide bonds. The maximum Gasteiger partial charge on any atom is 0.365 e. The normalized spacial score (nSPS) is 11.7. The second-order valence-corrected chi connectivity index (χ2v) is 5.45. The minimum atomic E-state index is -4.05. The van der Waals surface area contributed by atoms with E-state index in [1.807, 2.05) is 0 Å².